The fraction of sp³-hybridized carbons (Fsp3) is 0.773. The summed E-state index contributed by atoms with van der Waals surface area (Å²) in [5.41, 5.74) is 0.318. The first kappa shape index (κ1) is 18.2. The number of likely N-dealkylation sites (tertiary alicyclic amines) is 1. The molecule has 152 valence electrons. The van der Waals surface area contributed by atoms with E-state index in [2.05, 4.69) is 10.2 Å². The minimum Gasteiger partial charge on any atom is -0.471 e. The third kappa shape index (κ3) is 3.46. The number of anilines is 1. The number of hydrogen-bond acceptors (Lipinski definition) is 5. The summed E-state index contributed by atoms with van der Waals surface area (Å²) in [5, 5.41) is 8.33. The molecule has 4 saturated carbocycles. The van der Waals surface area contributed by atoms with Crippen LogP contribution in [0.25, 0.3) is 0 Å². The van der Waals surface area contributed by atoms with Crippen molar-refractivity contribution in [3.05, 3.63) is 12.1 Å². The van der Waals surface area contributed by atoms with Crippen molar-refractivity contribution in [2.45, 2.75) is 57.5 Å². The molecule has 0 N–H and O–H groups in total. The lowest BCUT2D eigenvalue weighted by atomic mass is 9.49. The van der Waals surface area contributed by atoms with Gasteiger partial charge in [0.25, 0.3) is 0 Å². The van der Waals surface area contributed by atoms with Crippen LogP contribution in [0.15, 0.2) is 12.1 Å². The van der Waals surface area contributed by atoms with Gasteiger partial charge in [-0.05, 0) is 67.8 Å². The third-order valence-electron chi connectivity index (χ3n) is 7.56. The van der Waals surface area contributed by atoms with Gasteiger partial charge in [0.15, 0.2) is 5.82 Å². The molecule has 28 heavy (non-hydrogen) atoms. The Morgan fingerprint density at radius 3 is 2.39 bits per heavy atom. The van der Waals surface area contributed by atoms with Gasteiger partial charge in [0.2, 0.25) is 11.8 Å². The zero-order chi connectivity index (χ0) is 19.3. The Bertz CT molecular complexity index is 697. The summed E-state index contributed by atoms with van der Waals surface area (Å²) in [6.45, 7) is 1.49. The Morgan fingerprint density at radius 1 is 1.14 bits per heavy atom. The van der Waals surface area contributed by atoms with Crippen LogP contribution >= 0.6 is 0 Å². The number of rotatable bonds is 5. The van der Waals surface area contributed by atoms with E-state index in [0.29, 0.717) is 23.7 Å². The molecule has 0 aromatic carbocycles. The predicted molar refractivity (Wildman–Crippen MR) is 107 cm³/mol. The highest BCUT2D eigenvalue weighted by Gasteiger charge is 2.52. The highest BCUT2D eigenvalue weighted by molar-refractivity contribution is 5.77. The van der Waals surface area contributed by atoms with E-state index in [1.807, 2.05) is 36.0 Å². The zero-order valence-corrected chi connectivity index (χ0v) is 17.1. The molecular weight excluding hydrogens is 352 g/mol. The SMILES string of the molecule is CN(C)c1ccc(OC2CCN(C(=O)CC34CC5CC(CC(C5)C3)C4)C2)nn1. The van der Waals surface area contributed by atoms with Gasteiger partial charge in [0.1, 0.15) is 6.10 Å². The molecule has 0 spiro atoms. The summed E-state index contributed by atoms with van der Waals surface area (Å²) in [6, 6.07) is 3.77. The van der Waals surface area contributed by atoms with Crippen molar-refractivity contribution in [3.8, 4) is 5.88 Å². The molecule has 4 aliphatic carbocycles. The van der Waals surface area contributed by atoms with Crippen LogP contribution in [0.4, 0.5) is 5.82 Å². The number of carbonyl (C=O) groups excluding carboxylic acids is 1. The lowest BCUT2D eigenvalue weighted by Gasteiger charge is -2.56. The average molecular weight is 385 g/mol. The first-order valence-electron chi connectivity index (χ1n) is 10.9. The molecule has 6 heteroatoms. The van der Waals surface area contributed by atoms with E-state index in [9.17, 15) is 4.79 Å². The van der Waals surface area contributed by atoms with Crippen LogP contribution in [0.3, 0.4) is 0 Å². The summed E-state index contributed by atoms with van der Waals surface area (Å²) >= 11 is 0. The molecule has 1 aromatic rings. The van der Waals surface area contributed by atoms with Crippen LogP contribution in [-0.2, 0) is 4.79 Å². The van der Waals surface area contributed by atoms with Crippen LogP contribution < -0.4 is 9.64 Å². The van der Waals surface area contributed by atoms with Gasteiger partial charge in [-0.2, -0.15) is 0 Å². The van der Waals surface area contributed by atoms with E-state index in [-0.39, 0.29) is 6.10 Å². The minimum absolute atomic E-state index is 0.0276. The maximum absolute atomic E-state index is 13.1. The topological polar surface area (TPSA) is 58.6 Å². The number of amides is 1. The molecule has 5 aliphatic rings. The first-order chi connectivity index (χ1) is 13.5. The van der Waals surface area contributed by atoms with Gasteiger partial charge >= 0.3 is 0 Å². The number of aromatic nitrogens is 2. The standard InChI is InChI=1S/C22H32N4O2/c1-25(2)19-3-4-20(24-23-19)28-18-5-6-26(14-18)21(27)13-22-10-15-7-16(11-22)9-17(8-15)12-22/h3-4,15-18H,5-14H2,1-2H3. The highest BCUT2D eigenvalue weighted by atomic mass is 16.5. The van der Waals surface area contributed by atoms with E-state index >= 15 is 0 Å². The second-order valence-electron chi connectivity index (χ2n) is 10.1. The maximum Gasteiger partial charge on any atom is 0.233 e. The van der Waals surface area contributed by atoms with Gasteiger partial charge in [0.05, 0.1) is 6.54 Å². The maximum atomic E-state index is 13.1. The number of ether oxygens (including phenoxy) is 1. The summed E-state index contributed by atoms with van der Waals surface area (Å²) in [5.74, 6) is 4.41. The lowest BCUT2D eigenvalue weighted by Crippen LogP contribution is -2.48. The number of nitrogens with zero attached hydrogens (tertiary/aromatic N) is 4. The van der Waals surface area contributed by atoms with Crippen LogP contribution in [0.5, 0.6) is 5.88 Å². The molecule has 2 heterocycles. The normalized spacial score (nSPS) is 36.0. The third-order valence-corrected chi connectivity index (χ3v) is 7.56. The van der Waals surface area contributed by atoms with Crippen molar-refractivity contribution < 1.29 is 9.53 Å². The van der Waals surface area contributed by atoms with E-state index in [1.165, 1.54) is 38.5 Å². The molecule has 1 aliphatic heterocycles. The van der Waals surface area contributed by atoms with Gasteiger partial charge in [-0.15, -0.1) is 10.2 Å². The summed E-state index contributed by atoms with van der Waals surface area (Å²) < 4.78 is 6.00. The molecule has 5 fully saturated rings. The number of hydrogen-bond donors (Lipinski definition) is 0. The molecule has 0 radical (unpaired) electrons. The summed E-state index contributed by atoms with van der Waals surface area (Å²) in [4.78, 5) is 17.0. The Hall–Kier alpha value is -1.85. The van der Waals surface area contributed by atoms with Gasteiger partial charge in [-0.1, -0.05) is 0 Å². The Kier molecular flexibility index (Phi) is 4.48. The Labute approximate surface area is 167 Å². The molecule has 1 unspecified atom stereocenters. The van der Waals surface area contributed by atoms with Crippen molar-refractivity contribution in [1.82, 2.24) is 15.1 Å². The lowest BCUT2D eigenvalue weighted by molar-refractivity contribution is -0.138. The molecule has 1 atom stereocenters. The largest absolute Gasteiger partial charge is 0.471 e. The second-order valence-corrected chi connectivity index (χ2v) is 10.1. The van der Waals surface area contributed by atoms with Crippen molar-refractivity contribution >= 4 is 11.7 Å². The van der Waals surface area contributed by atoms with Gasteiger partial charge < -0.3 is 14.5 Å². The smallest absolute Gasteiger partial charge is 0.233 e. The van der Waals surface area contributed by atoms with Crippen molar-refractivity contribution in [3.63, 3.8) is 0 Å². The predicted octanol–water partition coefficient (Wildman–Crippen LogP) is 3.13. The summed E-state index contributed by atoms with van der Waals surface area (Å²) in [7, 11) is 3.88. The van der Waals surface area contributed by atoms with Crippen molar-refractivity contribution in [2.75, 3.05) is 32.1 Å². The van der Waals surface area contributed by atoms with E-state index in [4.69, 9.17) is 4.74 Å². The van der Waals surface area contributed by atoms with E-state index < -0.39 is 0 Å². The van der Waals surface area contributed by atoms with Gasteiger partial charge in [0, 0.05) is 39.5 Å². The van der Waals surface area contributed by atoms with E-state index in [1.54, 1.807) is 0 Å². The summed E-state index contributed by atoms with van der Waals surface area (Å²) in [6.07, 6.45) is 9.86. The molecule has 6 rings (SSSR count). The van der Waals surface area contributed by atoms with Gasteiger partial charge in [-0.3, -0.25) is 4.79 Å². The van der Waals surface area contributed by atoms with Crippen LogP contribution in [0.1, 0.15) is 51.4 Å². The average Bonchev–Trinajstić information content (AvgIpc) is 3.09. The molecule has 1 aromatic heterocycles. The number of carbonyl (C=O) groups is 1. The van der Waals surface area contributed by atoms with Crippen LogP contribution in [-0.4, -0.2) is 54.3 Å². The quantitative estimate of drug-likeness (QED) is 0.781. The molecular formula is C22H32N4O2. The van der Waals surface area contributed by atoms with E-state index in [0.717, 1.165) is 43.0 Å². The van der Waals surface area contributed by atoms with Gasteiger partial charge in [-0.25, -0.2) is 0 Å². The van der Waals surface area contributed by atoms with Crippen molar-refractivity contribution in [1.29, 1.82) is 0 Å². The van der Waals surface area contributed by atoms with Crippen molar-refractivity contribution in [2.24, 2.45) is 23.2 Å². The monoisotopic (exact) mass is 384 g/mol. The second kappa shape index (κ2) is 6.89. The Morgan fingerprint density at radius 2 is 1.82 bits per heavy atom. The molecule has 1 amide bonds. The highest BCUT2D eigenvalue weighted by Crippen LogP contribution is 2.61. The van der Waals surface area contributed by atoms with Crippen LogP contribution in [0.2, 0.25) is 0 Å². The molecule has 1 saturated heterocycles. The zero-order valence-electron chi connectivity index (χ0n) is 17.1. The Balaban J connectivity index is 1.16. The molecule has 4 bridgehead atoms. The fourth-order valence-electron chi connectivity index (χ4n) is 6.78. The minimum atomic E-state index is 0.0276. The fourth-order valence-corrected chi connectivity index (χ4v) is 6.78. The molecule has 6 nitrogen and oxygen atoms in total. The first-order valence-corrected chi connectivity index (χ1v) is 10.9. The van der Waals surface area contributed by atoms with Crippen LogP contribution in [0, 0.1) is 23.2 Å².